The number of nitrogens with zero attached hydrogens (tertiary/aromatic N) is 2. The van der Waals surface area contributed by atoms with Crippen molar-refractivity contribution >= 4 is 15.7 Å². The lowest BCUT2D eigenvalue weighted by Gasteiger charge is -2.33. The maximum atomic E-state index is 11.9. The number of nitrogens with one attached hydrogen (secondary N) is 1. The van der Waals surface area contributed by atoms with Crippen LogP contribution in [0.4, 0.5) is 5.82 Å². The fourth-order valence-electron chi connectivity index (χ4n) is 3.50. The zero-order chi connectivity index (χ0) is 18.6. The fourth-order valence-corrected chi connectivity index (χ4v) is 4.30. The van der Waals surface area contributed by atoms with Crippen molar-refractivity contribution in [1.82, 2.24) is 9.88 Å². The van der Waals surface area contributed by atoms with Crippen molar-refractivity contribution in [2.75, 3.05) is 18.1 Å². The lowest BCUT2D eigenvalue weighted by molar-refractivity contribution is 0.152. The third-order valence-electron chi connectivity index (χ3n) is 5.05. The lowest BCUT2D eigenvalue weighted by Crippen LogP contribution is -2.37. The summed E-state index contributed by atoms with van der Waals surface area (Å²) in [5.74, 6) is 0.413. The van der Waals surface area contributed by atoms with Crippen molar-refractivity contribution in [3.8, 4) is 0 Å². The smallest absolute Gasteiger partial charge is 0.179 e. The van der Waals surface area contributed by atoms with Gasteiger partial charge >= 0.3 is 0 Å². The van der Waals surface area contributed by atoms with E-state index in [-0.39, 0.29) is 4.90 Å². The van der Waals surface area contributed by atoms with Gasteiger partial charge in [-0.1, -0.05) is 30.7 Å². The van der Waals surface area contributed by atoms with E-state index < -0.39 is 9.84 Å². The number of pyridine rings is 1. The van der Waals surface area contributed by atoms with Crippen LogP contribution in [0.5, 0.6) is 0 Å². The predicted molar refractivity (Wildman–Crippen MR) is 105 cm³/mol. The van der Waals surface area contributed by atoms with Crippen LogP contribution in [0.2, 0.25) is 0 Å². The van der Waals surface area contributed by atoms with Gasteiger partial charge in [0, 0.05) is 31.6 Å². The Morgan fingerprint density at radius 1 is 1.15 bits per heavy atom. The number of hydrogen-bond donors (Lipinski definition) is 1. The molecule has 1 saturated heterocycles. The number of hydrogen-bond acceptors (Lipinski definition) is 5. The number of rotatable bonds is 6. The largest absolute Gasteiger partial charge is 0.365 e. The summed E-state index contributed by atoms with van der Waals surface area (Å²) in [6.07, 6.45) is 6.65. The Kier molecular flexibility index (Phi) is 5.94. The molecule has 6 heteroatoms. The van der Waals surface area contributed by atoms with Gasteiger partial charge < -0.3 is 5.32 Å². The molecule has 1 aromatic heterocycles. The molecule has 1 atom stereocenters. The van der Waals surface area contributed by atoms with E-state index >= 15 is 0 Å². The lowest BCUT2D eigenvalue weighted by atomic mass is 10.0. The highest BCUT2D eigenvalue weighted by Crippen LogP contribution is 2.22. The van der Waals surface area contributed by atoms with E-state index in [0.29, 0.717) is 18.4 Å². The van der Waals surface area contributed by atoms with Crippen LogP contribution in [0.1, 0.15) is 37.3 Å². The Morgan fingerprint density at radius 2 is 1.92 bits per heavy atom. The first-order valence-electron chi connectivity index (χ1n) is 9.15. The normalized spacial score (nSPS) is 18.6. The minimum absolute atomic E-state index is 0.238. The molecular weight excluding hydrogens is 346 g/mol. The zero-order valence-electron chi connectivity index (χ0n) is 15.5. The molecule has 3 rings (SSSR count). The summed E-state index contributed by atoms with van der Waals surface area (Å²) in [6.45, 7) is 4.92. The van der Waals surface area contributed by atoms with Crippen LogP contribution in [0.15, 0.2) is 47.5 Å². The molecule has 1 N–H and O–H groups in total. The molecule has 0 aliphatic carbocycles. The number of sulfone groups is 1. The molecule has 0 spiro atoms. The van der Waals surface area contributed by atoms with Gasteiger partial charge in [0.05, 0.1) is 0 Å². The van der Waals surface area contributed by atoms with Gasteiger partial charge in [0.25, 0.3) is 0 Å². The molecule has 1 fully saturated rings. The molecule has 1 unspecified atom stereocenters. The Labute approximate surface area is 156 Å². The highest BCUT2D eigenvalue weighted by molar-refractivity contribution is 7.90. The first kappa shape index (κ1) is 18.9. The monoisotopic (exact) mass is 373 g/mol. The van der Waals surface area contributed by atoms with E-state index in [1.54, 1.807) is 18.3 Å². The van der Waals surface area contributed by atoms with E-state index in [1.165, 1.54) is 36.6 Å². The third kappa shape index (κ3) is 4.62. The molecule has 1 aliphatic heterocycles. The molecule has 1 aliphatic rings. The van der Waals surface area contributed by atoms with Crippen molar-refractivity contribution in [3.63, 3.8) is 0 Å². The molecule has 0 amide bonds. The molecule has 0 radical (unpaired) electrons. The van der Waals surface area contributed by atoms with Crippen molar-refractivity contribution < 1.29 is 8.42 Å². The molecule has 2 heterocycles. The summed E-state index contributed by atoms with van der Waals surface area (Å²) in [5.41, 5.74) is 2.46. The van der Waals surface area contributed by atoms with Crippen molar-refractivity contribution in [1.29, 1.82) is 0 Å². The number of anilines is 1. The number of piperidine rings is 1. The van der Waals surface area contributed by atoms with E-state index in [9.17, 15) is 8.42 Å². The Morgan fingerprint density at radius 3 is 2.65 bits per heavy atom. The van der Waals surface area contributed by atoms with Crippen LogP contribution in [0, 0.1) is 0 Å². The average Bonchev–Trinajstić information content (AvgIpc) is 2.62. The van der Waals surface area contributed by atoms with Gasteiger partial charge in [0.2, 0.25) is 0 Å². The van der Waals surface area contributed by atoms with Gasteiger partial charge in [-0.3, -0.25) is 4.90 Å². The maximum absolute atomic E-state index is 11.9. The second kappa shape index (κ2) is 8.18. The highest BCUT2D eigenvalue weighted by Gasteiger charge is 2.19. The summed E-state index contributed by atoms with van der Waals surface area (Å²) < 4.78 is 23.9. The second-order valence-corrected chi connectivity index (χ2v) is 9.04. The summed E-state index contributed by atoms with van der Waals surface area (Å²) in [5, 5.41) is 3.22. The van der Waals surface area contributed by atoms with E-state index in [4.69, 9.17) is 0 Å². The van der Waals surface area contributed by atoms with Crippen LogP contribution in [0.3, 0.4) is 0 Å². The Bertz CT molecular complexity index is 852. The van der Waals surface area contributed by atoms with Crippen LogP contribution in [-0.2, 0) is 22.9 Å². The first-order valence-corrected chi connectivity index (χ1v) is 11.0. The summed E-state index contributed by atoms with van der Waals surface area (Å²) in [6, 6.07) is 12.2. The van der Waals surface area contributed by atoms with Gasteiger partial charge in [0.15, 0.2) is 9.84 Å². The minimum Gasteiger partial charge on any atom is -0.365 e. The molecule has 1 aromatic carbocycles. The van der Waals surface area contributed by atoms with Crippen LogP contribution in [0.25, 0.3) is 0 Å². The van der Waals surface area contributed by atoms with Crippen molar-refractivity contribution in [3.05, 3.63) is 53.7 Å². The Hall–Kier alpha value is -1.92. The number of aromatic nitrogens is 1. The minimum atomic E-state index is -3.31. The quantitative estimate of drug-likeness (QED) is 0.840. The van der Waals surface area contributed by atoms with Crippen molar-refractivity contribution in [2.24, 2.45) is 0 Å². The highest BCUT2D eigenvalue weighted by atomic mass is 32.2. The molecule has 0 saturated carbocycles. The van der Waals surface area contributed by atoms with Crippen molar-refractivity contribution in [2.45, 2.75) is 50.2 Å². The Balaban J connectivity index is 1.75. The molecule has 140 valence electrons. The van der Waals surface area contributed by atoms with E-state index in [0.717, 1.165) is 13.1 Å². The van der Waals surface area contributed by atoms with Gasteiger partial charge in [-0.15, -0.1) is 0 Å². The van der Waals surface area contributed by atoms with Gasteiger partial charge in [-0.05, 0) is 49.6 Å². The number of likely N-dealkylation sites (tertiary alicyclic amines) is 1. The summed E-state index contributed by atoms with van der Waals surface area (Å²) >= 11 is 0. The van der Waals surface area contributed by atoms with Gasteiger partial charge in [-0.25, -0.2) is 13.4 Å². The predicted octanol–water partition coefficient (Wildman–Crippen LogP) is 3.47. The number of benzene rings is 1. The molecule has 2 aromatic rings. The standard InChI is InChI=1S/C20H27N3O2S/c1-16-8-5-6-13-23(16)15-18-10-4-3-9-17(18)14-22-20-19(26(2,24)25)11-7-12-21-20/h3-4,7,9-12,16H,5-6,8,13-15H2,1-2H3,(H,21,22). The second-order valence-electron chi connectivity index (χ2n) is 7.06. The first-order chi connectivity index (χ1) is 12.4. The van der Waals surface area contributed by atoms with Crippen LogP contribution >= 0.6 is 0 Å². The van der Waals surface area contributed by atoms with Gasteiger partial charge in [0.1, 0.15) is 10.7 Å². The van der Waals surface area contributed by atoms with Crippen LogP contribution < -0.4 is 5.32 Å². The summed E-state index contributed by atoms with van der Waals surface area (Å²) in [4.78, 5) is 6.99. The topological polar surface area (TPSA) is 62.3 Å². The van der Waals surface area contributed by atoms with Gasteiger partial charge in [-0.2, -0.15) is 0 Å². The molecule has 0 bridgehead atoms. The molecule has 5 nitrogen and oxygen atoms in total. The van der Waals surface area contributed by atoms with E-state index in [2.05, 4.69) is 40.3 Å². The third-order valence-corrected chi connectivity index (χ3v) is 6.18. The fraction of sp³-hybridized carbons (Fsp3) is 0.450. The SMILES string of the molecule is CC1CCCCN1Cc1ccccc1CNc1ncccc1S(C)(=O)=O. The molecule has 26 heavy (non-hydrogen) atoms. The van der Waals surface area contributed by atoms with E-state index in [1.807, 2.05) is 6.07 Å². The average molecular weight is 374 g/mol. The maximum Gasteiger partial charge on any atom is 0.179 e. The summed E-state index contributed by atoms with van der Waals surface area (Å²) in [7, 11) is -3.31. The van der Waals surface area contributed by atoms with Crippen LogP contribution in [-0.4, -0.2) is 37.1 Å². The zero-order valence-corrected chi connectivity index (χ0v) is 16.3. The molecular formula is C20H27N3O2S.